The van der Waals surface area contributed by atoms with Crippen molar-refractivity contribution >= 4 is 39.8 Å². The van der Waals surface area contributed by atoms with E-state index in [9.17, 15) is 4.79 Å². The average molecular weight is 308 g/mol. The van der Waals surface area contributed by atoms with Gasteiger partial charge in [-0.05, 0) is 19.1 Å². The summed E-state index contributed by atoms with van der Waals surface area (Å²) in [6.45, 7) is 2.05. The molecule has 0 saturated carbocycles. The highest BCUT2D eigenvalue weighted by Crippen LogP contribution is 2.27. The summed E-state index contributed by atoms with van der Waals surface area (Å²) in [6, 6.07) is 8.07. The van der Waals surface area contributed by atoms with Gasteiger partial charge in [-0.3, -0.25) is 4.79 Å². The van der Waals surface area contributed by atoms with Crippen LogP contribution in [0.15, 0.2) is 28.6 Å². The number of anilines is 2. The van der Waals surface area contributed by atoms with Crippen LogP contribution in [0.25, 0.3) is 0 Å². The maximum Gasteiger partial charge on any atom is 0.232 e. The van der Waals surface area contributed by atoms with Crippen LogP contribution in [0, 0.1) is 6.92 Å². The van der Waals surface area contributed by atoms with E-state index in [2.05, 4.69) is 15.5 Å². The number of hydrogen-bond acceptors (Lipinski definition) is 6. The standard InChI is InChI=1S/C13H16N4OS2/c1-9-4-6-10(7-5-9)14-12-15-16-13(20-12)19-8-11(18)17(2)3/h4-7H,8H2,1-3H3,(H,14,15). The molecule has 1 heterocycles. The van der Waals surface area contributed by atoms with Gasteiger partial charge in [-0.15, -0.1) is 10.2 Å². The van der Waals surface area contributed by atoms with Gasteiger partial charge in [-0.1, -0.05) is 40.8 Å². The minimum Gasteiger partial charge on any atom is -0.348 e. The van der Waals surface area contributed by atoms with Gasteiger partial charge in [-0.25, -0.2) is 0 Å². The third kappa shape index (κ3) is 4.21. The van der Waals surface area contributed by atoms with Gasteiger partial charge in [0.05, 0.1) is 5.75 Å². The third-order valence-corrected chi connectivity index (χ3v) is 4.48. The van der Waals surface area contributed by atoms with E-state index in [0.29, 0.717) is 5.75 Å². The molecule has 0 saturated heterocycles. The minimum atomic E-state index is 0.0678. The molecule has 0 radical (unpaired) electrons. The molecule has 0 bridgehead atoms. The zero-order valence-corrected chi connectivity index (χ0v) is 13.2. The van der Waals surface area contributed by atoms with E-state index in [-0.39, 0.29) is 5.91 Å². The summed E-state index contributed by atoms with van der Waals surface area (Å²) in [5, 5.41) is 12.1. The van der Waals surface area contributed by atoms with Gasteiger partial charge in [0.15, 0.2) is 4.34 Å². The van der Waals surface area contributed by atoms with Crippen molar-refractivity contribution in [1.82, 2.24) is 15.1 Å². The molecule has 5 nitrogen and oxygen atoms in total. The number of carbonyl (C=O) groups excluding carboxylic acids is 1. The summed E-state index contributed by atoms with van der Waals surface area (Å²) < 4.78 is 0.787. The summed E-state index contributed by atoms with van der Waals surface area (Å²) in [4.78, 5) is 13.1. The number of nitrogens with one attached hydrogen (secondary N) is 1. The van der Waals surface area contributed by atoms with Crippen LogP contribution in [0.2, 0.25) is 0 Å². The molecule has 0 fully saturated rings. The van der Waals surface area contributed by atoms with Crippen molar-refractivity contribution < 1.29 is 4.79 Å². The molecule has 1 aromatic carbocycles. The topological polar surface area (TPSA) is 58.1 Å². The summed E-state index contributed by atoms with van der Waals surface area (Å²) >= 11 is 2.85. The summed E-state index contributed by atoms with van der Waals surface area (Å²) in [7, 11) is 3.49. The van der Waals surface area contributed by atoms with Crippen LogP contribution >= 0.6 is 23.1 Å². The largest absolute Gasteiger partial charge is 0.348 e. The monoisotopic (exact) mass is 308 g/mol. The van der Waals surface area contributed by atoms with E-state index in [1.165, 1.54) is 28.7 Å². The number of amides is 1. The first-order valence-corrected chi connectivity index (χ1v) is 7.85. The highest BCUT2D eigenvalue weighted by Gasteiger charge is 2.09. The van der Waals surface area contributed by atoms with Gasteiger partial charge >= 0.3 is 0 Å². The molecule has 2 rings (SSSR count). The molecule has 0 unspecified atom stereocenters. The van der Waals surface area contributed by atoms with E-state index in [0.717, 1.165) is 15.2 Å². The number of nitrogens with zero attached hydrogens (tertiary/aromatic N) is 3. The Kier molecular flexibility index (Phi) is 4.97. The maximum atomic E-state index is 11.5. The SMILES string of the molecule is Cc1ccc(Nc2nnc(SCC(=O)N(C)C)s2)cc1. The molecule has 1 aromatic heterocycles. The summed E-state index contributed by atoms with van der Waals surface area (Å²) in [5.41, 5.74) is 2.19. The second kappa shape index (κ2) is 6.71. The van der Waals surface area contributed by atoms with Gasteiger partial charge in [0.2, 0.25) is 11.0 Å². The average Bonchev–Trinajstić information content (AvgIpc) is 2.86. The van der Waals surface area contributed by atoms with Crippen LogP contribution in [0.5, 0.6) is 0 Å². The van der Waals surface area contributed by atoms with Crippen molar-refractivity contribution in [2.75, 3.05) is 25.2 Å². The second-order valence-electron chi connectivity index (χ2n) is 4.44. The van der Waals surface area contributed by atoms with Crippen LogP contribution < -0.4 is 5.32 Å². The highest BCUT2D eigenvalue weighted by molar-refractivity contribution is 8.01. The van der Waals surface area contributed by atoms with E-state index in [4.69, 9.17) is 0 Å². The fourth-order valence-corrected chi connectivity index (χ4v) is 3.08. The van der Waals surface area contributed by atoms with Crippen LogP contribution in [0.3, 0.4) is 0 Å². The Morgan fingerprint density at radius 2 is 2.00 bits per heavy atom. The van der Waals surface area contributed by atoms with Gasteiger partial charge in [0.1, 0.15) is 0 Å². The lowest BCUT2D eigenvalue weighted by Crippen LogP contribution is -2.23. The number of carbonyl (C=O) groups is 1. The molecule has 106 valence electrons. The molecule has 1 amide bonds. The first-order chi connectivity index (χ1) is 9.54. The van der Waals surface area contributed by atoms with Crippen LogP contribution in [-0.2, 0) is 4.79 Å². The Balaban J connectivity index is 1.92. The first-order valence-electron chi connectivity index (χ1n) is 6.05. The third-order valence-electron chi connectivity index (χ3n) is 2.53. The Bertz CT molecular complexity index is 580. The fourth-order valence-electron chi connectivity index (χ4n) is 1.33. The molecule has 0 aliphatic heterocycles. The smallest absolute Gasteiger partial charge is 0.232 e. The van der Waals surface area contributed by atoms with Gasteiger partial charge in [-0.2, -0.15) is 0 Å². The highest BCUT2D eigenvalue weighted by atomic mass is 32.2. The zero-order valence-electron chi connectivity index (χ0n) is 11.6. The van der Waals surface area contributed by atoms with Gasteiger partial charge < -0.3 is 10.2 Å². The Hall–Kier alpha value is -1.60. The van der Waals surface area contributed by atoms with E-state index in [1.54, 1.807) is 19.0 Å². The quantitative estimate of drug-likeness (QED) is 0.861. The molecular formula is C13H16N4OS2. The molecule has 0 aliphatic carbocycles. The van der Waals surface area contributed by atoms with Gasteiger partial charge in [0, 0.05) is 19.8 Å². The summed E-state index contributed by atoms with van der Waals surface area (Å²) in [6.07, 6.45) is 0. The van der Waals surface area contributed by atoms with Crippen molar-refractivity contribution in [1.29, 1.82) is 0 Å². The van der Waals surface area contributed by atoms with Crippen LogP contribution in [0.1, 0.15) is 5.56 Å². The molecule has 1 N–H and O–H groups in total. The Morgan fingerprint density at radius 1 is 1.30 bits per heavy atom. The molecule has 7 heteroatoms. The number of aromatic nitrogens is 2. The molecule has 20 heavy (non-hydrogen) atoms. The molecular weight excluding hydrogens is 292 g/mol. The van der Waals surface area contributed by atoms with Crippen LogP contribution in [-0.4, -0.2) is 40.9 Å². The number of thioether (sulfide) groups is 1. The van der Waals surface area contributed by atoms with E-state index in [1.807, 2.05) is 31.2 Å². The summed E-state index contributed by atoms with van der Waals surface area (Å²) in [5.74, 6) is 0.449. The Labute approximate surface area is 126 Å². The van der Waals surface area contributed by atoms with Crippen molar-refractivity contribution in [2.45, 2.75) is 11.3 Å². The molecule has 0 spiro atoms. The number of hydrogen-bond donors (Lipinski definition) is 1. The van der Waals surface area contributed by atoms with E-state index >= 15 is 0 Å². The van der Waals surface area contributed by atoms with Crippen molar-refractivity contribution in [3.8, 4) is 0 Å². The minimum absolute atomic E-state index is 0.0678. The number of rotatable bonds is 5. The second-order valence-corrected chi connectivity index (χ2v) is 6.64. The first kappa shape index (κ1) is 14.8. The number of benzene rings is 1. The van der Waals surface area contributed by atoms with Crippen molar-refractivity contribution in [2.24, 2.45) is 0 Å². The lowest BCUT2D eigenvalue weighted by molar-refractivity contribution is -0.125. The molecule has 0 atom stereocenters. The predicted molar refractivity (Wildman–Crippen MR) is 83.8 cm³/mol. The predicted octanol–water partition coefficient (Wildman–Crippen LogP) is 2.77. The van der Waals surface area contributed by atoms with Crippen molar-refractivity contribution in [3.05, 3.63) is 29.8 Å². The van der Waals surface area contributed by atoms with Crippen molar-refractivity contribution in [3.63, 3.8) is 0 Å². The number of aryl methyl sites for hydroxylation is 1. The molecule has 2 aromatic rings. The zero-order chi connectivity index (χ0) is 14.5. The fraction of sp³-hybridized carbons (Fsp3) is 0.308. The van der Waals surface area contributed by atoms with E-state index < -0.39 is 0 Å². The molecule has 0 aliphatic rings. The lowest BCUT2D eigenvalue weighted by Gasteiger charge is -2.07. The van der Waals surface area contributed by atoms with Gasteiger partial charge in [0.25, 0.3) is 0 Å². The lowest BCUT2D eigenvalue weighted by atomic mass is 10.2. The Morgan fingerprint density at radius 3 is 2.65 bits per heavy atom. The van der Waals surface area contributed by atoms with Crippen LogP contribution in [0.4, 0.5) is 10.8 Å². The normalized spacial score (nSPS) is 10.3. The maximum absolute atomic E-state index is 11.5.